The highest BCUT2D eigenvalue weighted by Crippen LogP contribution is 2.32. The Labute approximate surface area is 98.6 Å². The second kappa shape index (κ2) is 4.66. The highest BCUT2D eigenvalue weighted by molar-refractivity contribution is 5.29. The Morgan fingerprint density at radius 2 is 1.82 bits per heavy atom. The third kappa shape index (κ3) is 3.20. The van der Waals surface area contributed by atoms with E-state index in [0.717, 1.165) is 12.1 Å². The molecule has 1 aromatic rings. The van der Waals surface area contributed by atoms with E-state index in [9.17, 15) is 13.2 Å². The predicted octanol–water partition coefficient (Wildman–Crippen LogP) is 3.13. The van der Waals surface area contributed by atoms with Crippen LogP contribution in [0.5, 0.6) is 0 Å². The van der Waals surface area contributed by atoms with Gasteiger partial charge in [-0.2, -0.15) is 13.2 Å². The van der Waals surface area contributed by atoms with Gasteiger partial charge in [-0.05, 0) is 31.5 Å². The standard InChI is InChI=1S/C12H16F3NO/c1-11(2,17-3)10(16)8-5-4-6-9(7-8)12(13,14)15/h4-7,10H,16H2,1-3H3. The van der Waals surface area contributed by atoms with Crippen molar-refractivity contribution < 1.29 is 17.9 Å². The molecule has 0 radical (unpaired) electrons. The average molecular weight is 247 g/mol. The Morgan fingerprint density at radius 1 is 1.24 bits per heavy atom. The molecule has 0 fully saturated rings. The van der Waals surface area contributed by atoms with E-state index in [1.54, 1.807) is 19.9 Å². The number of halogens is 3. The average Bonchev–Trinajstić information content (AvgIpc) is 2.27. The number of hydrogen-bond donors (Lipinski definition) is 1. The minimum atomic E-state index is -4.35. The van der Waals surface area contributed by atoms with Crippen molar-refractivity contribution in [2.45, 2.75) is 31.7 Å². The summed E-state index contributed by atoms with van der Waals surface area (Å²) < 4.78 is 42.8. The SMILES string of the molecule is COC(C)(C)C(N)c1cccc(C(F)(F)F)c1. The van der Waals surface area contributed by atoms with E-state index >= 15 is 0 Å². The molecular weight excluding hydrogens is 231 g/mol. The maximum absolute atomic E-state index is 12.5. The summed E-state index contributed by atoms with van der Waals surface area (Å²) in [5, 5.41) is 0. The Balaban J connectivity index is 3.08. The van der Waals surface area contributed by atoms with Gasteiger partial charge in [-0.15, -0.1) is 0 Å². The molecule has 1 rings (SSSR count). The summed E-state index contributed by atoms with van der Waals surface area (Å²) in [7, 11) is 1.48. The second-order valence-corrected chi connectivity index (χ2v) is 4.41. The summed E-state index contributed by atoms with van der Waals surface area (Å²) in [6, 6.07) is 4.39. The Kier molecular flexibility index (Phi) is 3.84. The molecule has 1 atom stereocenters. The van der Waals surface area contributed by atoms with Gasteiger partial charge < -0.3 is 10.5 Å². The fourth-order valence-electron chi connectivity index (χ4n) is 1.44. The fraction of sp³-hybridized carbons (Fsp3) is 0.500. The molecule has 96 valence electrons. The molecule has 0 aliphatic rings. The molecule has 0 amide bonds. The largest absolute Gasteiger partial charge is 0.416 e. The summed E-state index contributed by atoms with van der Waals surface area (Å²) in [4.78, 5) is 0. The summed E-state index contributed by atoms with van der Waals surface area (Å²) in [6.07, 6.45) is -4.35. The summed E-state index contributed by atoms with van der Waals surface area (Å²) in [5.74, 6) is 0. The zero-order valence-electron chi connectivity index (χ0n) is 10.0. The van der Waals surface area contributed by atoms with Gasteiger partial charge in [-0.25, -0.2) is 0 Å². The molecule has 5 heteroatoms. The van der Waals surface area contributed by atoms with E-state index in [1.807, 2.05) is 0 Å². The van der Waals surface area contributed by atoms with Gasteiger partial charge in [-0.1, -0.05) is 12.1 Å². The lowest BCUT2D eigenvalue weighted by atomic mass is 9.91. The Morgan fingerprint density at radius 3 is 2.29 bits per heavy atom. The lowest BCUT2D eigenvalue weighted by Gasteiger charge is -2.30. The number of ether oxygens (including phenoxy) is 1. The van der Waals surface area contributed by atoms with Gasteiger partial charge in [0.1, 0.15) is 0 Å². The quantitative estimate of drug-likeness (QED) is 0.890. The predicted molar refractivity (Wildman–Crippen MR) is 59.5 cm³/mol. The highest BCUT2D eigenvalue weighted by atomic mass is 19.4. The van der Waals surface area contributed by atoms with Gasteiger partial charge in [-0.3, -0.25) is 0 Å². The lowest BCUT2D eigenvalue weighted by molar-refractivity contribution is -0.137. The third-order valence-corrected chi connectivity index (χ3v) is 2.85. The maximum atomic E-state index is 12.5. The molecule has 1 aromatic carbocycles. The molecule has 2 N–H and O–H groups in total. The summed E-state index contributed by atoms with van der Waals surface area (Å²) in [5.41, 5.74) is 4.90. The van der Waals surface area contributed by atoms with Crippen LogP contribution in [-0.2, 0) is 10.9 Å². The van der Waals surface area contributed by atoms with Crippen molar-refractivity contribution >= 4 is 0 Å². The number of methoxy groups -OCH3 is 1. The van der Waals surface area contributed by atoms with Crippen molar-refractivity contribution in [3.05, 3.63) is 35.4 Å². The van der Waals surface area contributed by atoms with E-state index in [0.29, 0.717) is 5.56 Å². The number of benzene rings is 1. The van der Waals surface area contributed by atoms with Crippen LogP contribution < -0.4 is 5.73 Å². The van der Waals surface area contributed by atoms with Gasteiger partial charge in [0, 0.05) is 7.11 Å². The highest BCUT2D eigenvalue weighted by Gasteiger charge is 2.33. The first-order valence-corrected chi connectivity index (χ1v) is 5.16. The van der Waals surface area contributed by atoms with Crippen molar-refractivity contribution in [3.63, 3.8) is 0 Å². The van der Waals surface area contributed by atoms with Crippen LogP contribution in [-0.4, -0.2) is 12.7 Å². The van der Waals surface area contributed by atoms with Crippen LogP contribution in [0.4, 0.5) is 13.2 Å². The molecule has 0 spiro atoms. The van der Waals surface area contributed by atoms with Gasteiger partial charge in [0.05, 0.1) is 17.2 Å². The molecule has 0 saturated carbocycles. The fourth-order valence-corrected chi connectivity index (χ4v) is 1.44. The third-order valence-electron chi connectivity index (χ3n) is 2.85. The molecule has 2 nitrogen and oxygen atoms in total. The number of hydrogen-bond acceptors (Lipinski definition) is 2. The van der Waals surface area contributed by atoms with E-state index in [4.69, 9.17) is 10.5 Å². The van der Waals surface area contributed by atoms with Crippen LogP contribution in [0.1, 0.15) is 31.0 Å². The minimum absolute atomic E-state index is 0.409. The molecule has 0 aliphatic heterocycles. The minimum Gasteiger partial charge on any atom is -0.377 e. The summed E-state index contributed by atoms with van der Waals surface area (Å²) in [6.45, 7) is 3.47. The van der Waals surface area contributed by atoms with E-state index < -0.39 is 23.4 Å². The topological polar surface area (TPSA) is 35.2 Å². The molecule has 17 heavy (non-hydrogen) atoms. The van der Waals surface area contributed by atoms with Crippen molar-refractivity contribution in [3.8, 4) is 0 Å². The maximum Gasteiger partial charge on any atom is 0.416 e. The van der Waals surface area contributed by atoms with Crippen LogP contribution in [0.25, 0.3) is 0 Å². The zero-order chi connectivity index (χ0) is 13.3. The van der Waals surface area contributed by atoms with Crippen molar-refractivity contribution in [1.82, 2.24) is 0 Å². The van der Waals surface area contributed by atoms with Gasteiger partial charge in [0.25, 0.3) is 0 Å². The van der Waals surface area contributed by atoms with Crippen LogP contribution in [0.2, 0.25) is 0 Å². The van der Waals surface area contributed by atoms with Gasteiger partial charge >= 0.3 is 6.18 Å². The molecule has 0 aromatic heterocycles. The van der Waals surface area contributed by atoms with Crippen LogP contribution in [0.15, 0.2) is 24.3 Å². The Hall–Kier alpha value is -1.07. The molecule has 0 heterocycles. The first-order valence-electron chi connectivity index (χ1n) is 5.16. The molecular formula is C12H16F3NO. The zero-order valence-corrected chi connectivity index (χ0v) is 10.0. The number of alkyl halides is 3. The van der Waals surface area contributed by atoms with E-state index in [2.05, 4.69) is 0 Å². The van der Waals surface area contributed by atoms with Crippen molar-refractivity contribution in [2.75, 3.05) is 7.11 Å². The number of nitrogens with two attached hydrogens (primary N) is 1. The van der Waals surface area contributed by atoms with Crippen LogP contribution >= 0.6 is 0 Å². The second-order valence-electron chi connectivity index (χ2n) is 4.41. The normalized spacial score (nSPS) is 14.8. The van der Waals surface area contributed by atoms with Crippen molar-refractivity contribution in [2.24, 2.45) is 5.73 Å². The first-order chi connectivity index (χ1) is 7.68. The first kappa shape index (κ1) is 14.0. The van der Waals surface area contributed by atoms with Crippen LogP contribution in [0, 0.1) is 0 Å². The van der Waals surface area contributed by atoms with E-state index in [-0.39, 0.29) is 0 Å². The molecule has 0 aliphatic carbocycles. The van der Waals surface area contributed by atoms with Crippen LogP contribution in [0.3, 0.4) is 0 Å². The van der Waals surface area contributed by atoms with Crippen molar-refractivity contribution in [1.29, 1.82) is 0 Å². The van der Waals surface area contributed by atoms with Gasteiger partial charge in [0.2, 0.25) is 0 Å². The molecule has 0 bridgehead atoms. The molecule has 0 saturated heterocycles. The van der Waals surface area contributed by atoms with E-state index in [1.165, 1.54) is 13.2 Å². The monoisotopic (exact) mass is 247 g/mol. The van der Waals surface area contributed by atoms with Gasteiger partial charge in [0.15, 0.2) is 0 Å². The Bertz CT molecular complexity index is 388. The lowest BCUT2D eigenvalue weighted by Crippen LogP contribution is -2.37. The smallest absolute Gasteiger partial charge is 0.377 e. The number of rotatable bonds is 3. The summed E-state index contributed by atoms with van der Waals surface area (Å²) >= 11 is 0. The molecule has 1 unspecified atom stereocenters.